The Morgan fingerprint density at radius 2 is 1.89 bits per heavy atom. The number of amides is 1. The van der Waals surface area contributed by atoms with Gasteiger partial charge in [-0.05, 0) is 64.6 Å². The zero-order chi connectivity index (χ0) is 25.6. The number of aryl methyl sites for hydroxylation is 1. The van der Waals surface area contributed by atoms with E-state index in [0.717, 1.165) is 55.2 Å². The third kappa shape index (κ3) is 5.03. The van der Waals surface area contributed by atoms with Crippen LogP contribution in [0.2, 0.25) is 0 Å². The number of carbonyl (C=O) groups excluding carboxylic acids is 2. The summed E-state index contributed by atoms with van der Waals surface area (Å²) < 4.78 is 16.2. The predicted molar refractivity (Wildman–Crippen MR) is 140 cm³/mol. The van der Waals surface area contributed by atoms with Crippen LogP contribution in [-0.2, 0) is 22.6 Å². The third-order valence-electron chi connectivity index (χ3n) is 8.52. The average Bonchev–Trinajstić information content (AvgIpc) is 3.47. The molecule has 2 saturated heterocycles. The van der Waals surface area contributed by atoms with E-state index in [1.165, 1.54) is 35.9 Å². The van der Waals surface area contributed by atoms with Crippen molar-refractivity contribution < 1.29 is 14.0 Å². The number of imidazole rings is 1. The molecule has 0 aromatic carbocycles. The molecule has 3 atom stereocenters. The minimum absolute atomic E-state index is 0.0172. The van der Waals surface area contributed by atoms with Crippen LogP contribution < -0.4 is 0 Å². The smallest absolute Gasteiger partial charge is 0.225 e. The number of piperidine rings is 1. The van der Waals surface area contributed by atoms with Crippen molar-refractivity contribution >= 4 is 23.0 Å². The van der Waals surface area contributed by atoms with Gasteiger partial charge in [-0.1, -0.05) is 13.8 Å². The summed E-state index contributed by atoms with van der Waals surface area (Å²) in [4.78, 5) is 35.0. The van der Waals surface area contributed by atoms with Gasteiger partial charge in [-0.2, -0.15) is 4.39 Å². The zero-order valence-corrected chi connectivity index (χ0v) is 22.8. The van der Waals surface area contributed by atoms with Crippen LogP contribution in [0.1, 0.15) is 93.3 Å². The minimum atomic E-state index is -0.171. The van der Waals surface area contributed by atoms with E-state index in [9.17, 15) is 14.0 Å². The van der Waals surface area contributed by atoms with E-state index in [4.69, 9.17) is 4.98 Å². The van der Waals surface area contributed by atoms with Gasteiger partial charge in [-0.15, -0.1) is 11.3 Å². The second-order valence-corrected chi connectivity index (χ2v) is 12.4. The second kappa shape index (κ2) is 10.4. The molecule has 0 spiro atoms. The number of rotatable bonds is 8. The van der Waals surface area contributed by atoms with Crippen LogP contribution >= 0.6 is 11.3 Å². The highest BCUT2D eigenvalue weighted by molar-refractivity contribution is 7.10. The fraction of sp³-hybridized carbons (Fsp3) is 0.679. The molecule has 2 fully saturated rings. The van der Waals surface area contributed by atoms with E-state index in [0.29, 0.717) is 31.1 Å². The van der Waals surface area contributed by atoms with Crippen molar-refractivity contribution in [3.05, 3.63) is 39.4 Å². The molecule has 5 heterocycles. The predicted octanol–water partition coefficient (Wildman–Crippen LogP) is 5.25. The highest BCUT2D eigenvalue weighted by Crippen LogP contribution is 2.43. The SMILES string of the molecule is CC(=O)C[C@@H](CCN1C2CCC1CC(n1c(C)nc3c1CCN(C(=O)C(C)C)C3)C2)c1ccc(F)s1. The Bertz CT molecular complexity index is 1110. The molecule has 5 rings (SSSR count). The quantitative estimate of drug-likeness (QED) is 0.483. The Labute approximate surface area is 217 Å². The van der Waals surface area contributed by atoms with Crippen LogP contribution in [0.4, 0.5) is 4.39 Å². The number of halogens is 1. The van der Waals surface area contributed by atoms with Gasteiger partial charge in [0.05, 0.1) is 12.2 Å². The molecule has 0 radical (unpaired) electrons. The monoisotopic (exact) mass is 514 g/mol. The van der Waals surface area contributed by atoms with Crippen LogP contribution in [0.3, 0.4) is 0 Å². The van der Waals surface area contributed by atoms with Gasteiger partial charge < -0.3 is 14.3 Å². The summed E-state index contributed by atoms with van der Waals surface area (Å²) in [5.41, 5.74) is 2.41. The maximum absolute atomic E-state index is 13.7. The lowest BCUT2D eigenvalue weighted by Crippen LogP contribution is -2.45. The van der Waals surface area contributed by atoms with Crippen molar-refractivity contribution in [3.63, 3.8) is 0 Å². The van der Waals surface area contributed by atoms with E-state index in [-0.39, 0.29) is 28.7 Å². The van der Waals surface area contributed by atoms with Crippen molar-refractivity contribution in [2.75, 3.05) is 13.1 Å². The van der Waals surface area contributed by atoms with Gasteiger partial charge in [0.1, 0.15) is 11.6 Å². The summed E-state index contributed by atoms with van der Waals surface area (Å²) in [6, 6.07) is 4.93. The largest absolute Gasteiger partial charge is 0.336 e. The Morgan fingerprint density at radius 3 is 2.50 bits per heavy atom. The van der Waals surface area contributed by atoms with Crippen LogP contribution in [0.25, 0.3) is 0 Å². The summed E-state index contributed by atoms with van der Waals surface area (Å²) in [6.07, 6.45) is 6.96. The van der Waals surface area contributed by atoms with Crippen LogP contribution in [-0.4, -0.2) is 56.2 Å². The molecule has 0 aliphatic carbocycles. The van der Waals surface area contributed by atoms with E-state index < -0.39 is 0 Å². The summed E-state index contributed by atoms with van der Waals surface area (Å²) in [5, 5.41) is -0.171. The van der Waals surface area contributed by atoms with Crippen molar-refractivity contribution in [1.29, 1.82) is 0 Å². The molecule has 3 aliphatic rings. The highest BCUT2D eigenvalue weighted by Gasteiger charge is 2.42. The molecule has 2 unspecified atom stereocenters. The first-order chi connectivity index (χ1) is 17.2. The van der Waals surface area contributed by atoms with E-state index in [1.54, 1.807) is 6.92 Å². The first-order valence-electron chi connectivity index (χ1n) is 13.6. The molecule has 0 N–H and O–H groups in total. The van der Waals surface area contributed by atoms with Crippen LogP contribution in [0, 0.1) is 18.0 Å². The van der Waals surface area contributed by atoms with Gasteiger partial charge in [-0.3, -0.25) is 9.69 Å². The molecule has 36 heavy (non-hydrogen) atoms. The third-order valence-corrected chi connectivity index (χ3v) is 9.56. The number of thiophene rings is 1. The molecule has 2 aromatic rings. The van der Waals surface area contributed by atoms with Gasteiger partial charge in [0.2, 0.25) is 5.91 Å². The van der Waals surface area contributed by atoms with Gasteiger partial charge in [0.15, 0.2) is 5.13 Å². The highest BCUT2D eigenvalue weighted by atomic mass is 32.1. The first kappa shape index (κ1) is 25.6. The topological polar surface area (TPSA) is 58.4 Å². The fourth-order valence-electron chi connectivity index (χ4n) is 6.94. The number of nitrogens with zero attached hydrogens (tertiary/aromatic N) is 4. The standard InChI is InChI=1S/C28H39FN4O2S/c1-17(2)28(35)31-11-10-25-24(16-31)30-19(4)33(25)23-14-21-5-6-22(15-23)32(21)12-9-20(13-18(3)34)26-7-8-27(29)36-26/h7-8,17,20-23H,5-6,9-16H2,1-4H3/t20-,21?,22?,23?/m1/s1. The molecule has 2 aromatic heterocycles. The van der Waals surface area contributed by atoms with Crippen LogP contribution in [0.15, 0.2) is 12.1 Å². The molecule has 1 amide bonds. The van der Waals surface area contributed by atoms with Gasteiger partial charge >= 0.3 is 0 Å². The van der Waals surface area contributed by atoms with Gasteiger partial charge in [-0.25, -0.2) is 4.98 Å². The van der Waals surface area contributed by atoms with Crippen molar-refractivity contribution in [2.24, 2.45) is 5.92 Å². The lowest BCUT2D eigenvalue weighted by Gasteiger charge is -2.41. The molecule has 196 valence electrons. The minimum Gasteiger partial charge on any atom is -0.336 e. The number of Topliss-reactive ketones (excluding diaryl/α,β-unsaturated/α-hetero) is 1. The van der Waals surface area contributed by atoms with Gasteiger partial charge in [0, 0.05) is 59.9 Å². The number of ketones is 1. The normalized spacial score (nSPS) is 24.8. The molecule has 3 aliphatic heterocycles. The van der Waals surface area contributed by atoms with Crippen molar-refractivity contribution in [3.8, 4) is 0 Å². The Morgan fingerprint density at radius 1 is 1.17 bits per heavy atom. The summed E-state index contributed by atoms with van der Waals surface area (Å²) >= 11 is 1.19. The maximum atomic E-state index is 13.7. The molecule has 0 saturated carbocycles. The molecular formula is C28H39FN4O2S. The van der Waals surface area contributed by atoms with Crippen molar-refractivity contribution in [2.45, 2.75) is 103 Å². The lowest BCUT2D eigenvalue weighted by atomic mass is 9.93. The van der Waals surface area contributed by atoms with E-state index in [2.05, 4.69) is 16.4 Å². The first-order valence-corrected chi connectivity index (χ1v) is 14.4. The summed E-state index contributed by atoms with van der Waals surface area (Å²) in [7, 11) is 0. The summed E-state index contributed by atoms with van der Waals surface area (Å²) in [6.45, 7) is 10.1. The van der Waals surface area contributed by atoms with Gasteiger partial charge in [0.25, 0.3) is 0 Å². The van der Waals surface area contributed by atoms with E-state index >= 15 is 0 Å². The van der Waals surface area contributed by atoms with E-state index in [1.807, 2.05) is 24.8 Å². The molecule has 2 bridgehead atoms. The number of fused-ring (bicyclic) bond motifs is 3. The summed E-state index contributed by atoms with van der Waals surface area (Å²) in [5.74, 6) is 1.59. The Kier molecular flexibility index (Phi) is 7.37. The Balaban J connectivity index is 1.26. The number of carbonyl (C=O) groups is 2. The number of aromatic nitrogens is 2. The van der Waals surface area contributed by atoms with Crippen molar-refractivity contribution in [1.82, 2.24) is 19.4 Å². The lowest BCUT2D eigenvalue weighted by molar-refractivity contribution is -0.135. The average molecular weight is 515 g/mol. The second-order valence-electron chi connectivity index (χ2n) is 11.4. The number of hydrogen-bond donors (Lipinski definition) is 0. The molecule has 6 nitrogen and oxygen atoms in total. The number of hydrogen-bond acceptors (Lipinski definition) is 5. The molecular weight excluding hydrogens is 475 g/mol. The maximum Gasteiger partial charge on any atom is 0.225 e. The Hall–Kier alpha value is -2.06. The fourth-order valence-corrected chi connectivity index (χ4v) is 7.81. The van der Waals surface area contributed by atoms with Crippen LogP contribution in [0.5, 0.6) is 0 Å². The zero-order valence-electron chi connectivity index (χ0n) is 22.0. The molecule has 8 heteroatoms.